The molecule has 0 fully saturated rings. The minimum Gasteiger partial charge on any atom is -0.227 e. The molecule has 2 nitrogen and oxygen atoms in total. The quantitative estimate of drug-likeness (QED) is 0.150. The Balaban J connectivity index is 1.52. The first kappa shape index (κ1) is 20.8. The van der Waals surface area contributed by atoms with Crippen LogP contribution in [0.25, 0.3) is 44.9 Å². The normalized spacial score (nSPS) is 11.8. The number of nitrogens with zero attached hydrogens (tertiary/aromatic N) is 2. The van der Waals surface area contributed by atoms with E-state index in [1.165, 1.54) is 22.3 Å². The molecule has 0 spiro atoms. The van der Waals surface area contributed by atoms with Crippen molar-refractivity contribution in [3.05, 3.63) is 116 Å². The molecule has 5 aromatic rings. The van der Waals surface area contributed by atoms with Crippen LogP contribution in [0.15, 0.2) is 102 Å². The van der Waals surface area contributed by atoms with Crippen molar-refractivity contribution < 1.29 is 0 Å². The van der Waals surface area contributed by atoms with Gasteiger partial charge in [0.05, 0.1) is 5.69 Å². The highest BCUT2D eigenvalue weighted by Crippen LogP contribution is 2.43. The highest BCUT2D eigenvalue weighted by Gasteiger charge is 2.22. The minimum atomic E-state index is 0.760. The Labute approximate surface area is 215 Å². The maximum atomic E-state index is 5.12. The fourth-order valence-electron chi connectivity index (χ4n) is 4.57. The molecular weight excluding hydrogens is 583 g/mol. The molecular formula is C29H18BrIN2. The van der Waals surface area contributed by atoms with Crippen LogP contribution in [-0.4, -0.2) is 9.97 Å². The van der Waals surface area contributed by atoms with Crippen LogP contribution in [0.5, 0.6) is 0 Å². The lowest BCUT2D eigenvalue weighted by Crippen LogP contribution is -2.00. The van der Waals surface area contributed by atoms with E-state index >= 15 is 0 Å². The molecule has 0 amide bonds. The second kappa shape index (κ2) is 8.50. The van der Waals surface area contributed by atoms with Crippen LogP contribution in [0.3, 0.4) is 0 Å². The first-order valence-electron chi connectivity index (χ1n) is 10.8. The summed E-state index contributed by atoms with van der Waals surface area (Å²) in [6, 6.07) is 33.8. The van der Waals surface area contributed by atoms with Gasteiger partial charge in [-0.1, -0.05) is 101 Å². The topological polar surface area (TPSA) is 25.8 Å². The standard InChI is InChI=1S/C29H18BrIN2/c30-24-13-7-12-20-16-22-17-21(14-15-23(22)25(20)24)29-32-27(19-10-5-2-6-11-19)26(28(31)33-29)18-8-3-1-4-9-18/h1-15,17H,16H2. The van der Waals surface area contributed by atoms with Crippen LogP contribution in [-0.2, 0) is 6.42 Å². The van der Waals surface area contributed by atoms with Gasteiger partial charge in [-0.15, -0.1) is 0 Å². The summed E-state index contributed by atoms with van der Waals surface area (Å²) in [7, 11) is 0. The van der Waals surface area contributed by atoms with Crippen LogP contribution < -0.4 is 0 Å². The van der Waals surface area contributed by atoms with Gasteiger partial charge in [-0.05, 0) is 69.0 Å². The maximum absolute atomic E-state index is 5.12. The monoisotopic (exact) mass is 600 g/mol. The number of hydrogen-bond donors (Lipinski definition) is 0. The van der Waals surface area contributed by atoms with Crippen molar-refractivity contribution in [2.45, 2.75) is 6.42 Å². The van der Waals surface area contributed by atoms with Crippen molar-refractivity contribution in [1.82, 2.24) is 9.97 Å². The molecule has 0 saturated heterocycles. The molecule has 4 aromatic carbocycles. The molecule has 0 bridgehead atoms. The summed E-state index contributed by atoms with van der Waals surface area (Å²) in [4.78, 5) is 10.1. The van der Waals surface area contributed by atoms with Gasteiger partial charge in [-0.3, -0.25) is 0 Å². The van der Waals surface area contributed by atoms with Crippen LogP contribution in [0, 0.1) is 3.70 Å². The summed E-state index contributed by atoms with van der Waals surface area (Å²) in [5.41, 5.74) is 10.6. The molecule has 0 saturated carbocycles. The van der Waals surface area contributed by atoms with Crippen LogP contribution in [0.1, 0.15) is 11.1 Å². The molecule has 0 atom stereocenters. The van der Waals surface area contributed by atoms with Gasteiger partial charge >= 0.3 is 0 Å². The van der Waals surface area contributed by atoms with E-state index in [4.69, 9.17) is 9.97 Å². The van der Waals surface area contributed by atoms with Crippen molar-refractivity contribution in [1.29, 1.82) is 0 Å². The van der Waals surface area contributed by atoms with Gasteiger partial charge in [-0.25, -0.2) is 9.97 Å². The number of hydrogen-bond acceptors (Lipinski definition) is 2. The Morgan fingerprint density at radius 2 is 1.36 bits per heavy atom. The average molecular weight is 601 g/mol. The van der Waals surface area contributed by atoms with Gasteiger partial charge < -0.3 is 0 Å². The summed E-state index contributed by atoms with van der Waals surface area (Å²) in [5.74, 6) is 0.760. The molecule has 0 aliphatic heterocycles. The number of rotatable bonds is 3. The number of aromatic nitrogens is 2. The molecule has 1 aliphatic rings. The third-order valence-electron chi connectivity index (χ3n) is 6.09. The van der Waals surface area contributed by atoms with Crippen molar-refractivity contribution in [3.63, 3.8) is 0 Å². The lowest BCUT2D eigenvalue weighted by Gasteiger charge is -2.14. The Morgan fingerprint density at radius 3 is 2.12 bits per heavy atom. The number of fused-ring (bicyclic) bond motifs is 3. The van der Waals surface area contributed by atoms with E-state index in [-0.39, 0.29) is 0 Å². The number of halogens is 2. The molecule has 1 aromatic heterocycles. The number of benzene rings is 4. The first-order chi connectivity index (χ1) is 16.2. The summed E-state index contributed by atoms with van der Waals surface area (Å²) in [5, 5.41) is 0. The van der Waals surface area contributed by atoms with E-state index in [0.29, 0.717) is 0 Å². The van der Waals surface area contributed by atoms with E-state index in [1.54, 1.807) is 0 Å². The average Bonchev–Trinajstić information content (AvgIpc) is 3.23. The molecule has 0 unspecified atom stereocenters. The lowest BCUT2D eigenvalue weighted by molar-refractivity contribution is 1.15. The van der Waals surface area contributed by atoms with Crippen molar-refractivity contribution >= 4 is 38.5 Å². The largest absolute Gasteiger partial charge is 0.227 e. The van der Waals surface area contributed by atoms with E-state index < -0.39 is 0 Å². The molecule has 0 N–H and O–H groups in total. The van der Waals surface area contributed by atoms with E-state index in [1.807, 2.05) is 12.1 Å². The lowest BCUT2D eigenvalue weighted by atomic mass is 10.00. The van der Waals surface area contributed by atoms with Crippen LogP contribution in [0.4, 0.5) is 0 Å². The zero-order valence-corrected chi connectivity index (χ0v) is 21.3. The smallest absolute Gasteiger partial charge is 0.161 e. The van der Waals surface area contributed by atoms with Crippen molar-refractivity contribution in [3.8, 4) is 44.9 Å². The van der Waals surface area contributed by atoms with E-state index in [2.05, 4.69) is 123 Å². The maximum Gasteiger partial charge on any atom is 0.161 e. The summed E-state index contributed by atoms with van der Waals surface area (Å²) in [6.07, 6.45) is 0.933. The van der Waals surface area contributed by atoms with Gasteiger partial charge in [0, 0.05) is 21.2 Å². The molecule has 6 rings (SSSR count). The third kappa shape index (κ3) is 3.71. The summed E-state index contributed by atoms with van der Waals surface area (Å²) in [6.45, 7) is 0. The predicted octanol–water partition coefficient (Wildman–Crippen LogP) is 8.42. The first-order valence-corrected chi connectivity index (χ1v) is 12.7. The zero-order valence-electron chi connectivity index (χ0n) is 17.6. The fourth-order valence-corrected chi connectivity index (χ4v) is 5.99. The predicted molar refractivity (Wildman–Crippen MR) is 147 cm³/mol. The molecule has 158 valence electrons. The molecule has 0 radical (unpaired) electrons. The van der Waals surface area contributed by atoms with Gasteiger partial charge in [0.1, 0.15) is 3.70 Å². The fraction of sp³-hybridized carbons (Fsp3) is 0.0345. The van der Waals surface area contributed by atoms with Crippen LogP contribution in [0.2, 0.25) is 0 Å². The Morgan fingerprint density at radius 1 is 0.636 bits per heavy atom. The molecule has 33 heavy (non-hydrogen) atoms. The highest BCUT2D eigenvalue weighted by atomic mass is 127. The Hall–Kier alpha value is -2.83. The summed E-state index contributed by atoms with van der Waals surface area (Å²) < 4.78 is 2.10. The van der Waals surface area contributed by atoms with Gasteiger partial charge in [0.25, 0.3) is 0 Å². The molecule has 4 heteroatoms. The van der Waals surface area contributed by atoms with E-state index in [9.17, 15) is 0 Å². The Kier molecular flexibility index (Phi) is 5.35. The van der Waals surface area contributed by atoms with E-state index in [0.717, 1.165) is 48.4 Å². The van der Waals surface area contributed by atoms with Gasteiger partial charge in [0.15, 0.2) is 5.82 Å². The second-order valence-corrected chi connectivity index (χ2v) is 9.99. The van der Waals surface area contributed by atoms with Gasteiger partial charge in [-0.2, -0.15) is 0 Å². The SMILES string of the molecule is Brc1cccc2c1-c1ccc(-c3nc(I)c(-c4ccccc4)c(-c4ccccc4)n3)cc1C2. The van der Waals surface area contributed by atoms with Crippen molar-refractivity contribution in [2.75, 3.05) is 0 Å². The summed E-state index contributed by atoms with van der Waals surface area (Å²) >= 11 is 6.08. The third-order valence-corrected chi connectivity index (χ3v) is 7.53. The van der Waals surface area contributed by atoms with Gasteiger partial charge in [0.2, 0.25) is 0 Å². The highest BCUT2D eigenvalue weighted by molar-refractivity contribution is 14.1. The Bertz CT molecular complexity index is 1500. The minimum absolute atomic E-state index is 0.760. The zero-order chi connectivity index (χ0) is 22.4. The molecule has 1 aliphatic carbocycles. The second-order valence-electron chi connectivity index (χ2n) is 8.12. The molecule has 1 heterocycles. The van der Waals surface area contributed by atoms with Crippen LogP contribution >= 0.6 is 38.5 Å². The van der Waals surface area contributed by atoms with Crippen molar-refractivity contribution in [2.24, 2.45) is 0 Å².